The van der Waals surface area contributed by atoms with Crippen molar-refractivity contribution in [2.45, 2.75) is 13.8 Å². The Bertz CT molecular complexity index is 275. The van der Waals surface area contributed by atoms with E-state index in [9.17, 15) is 0 Å². The SMILES string of the molecule is Cc1cc(C)n(NC(=N)N)n1. The van der Waals surface area contributed by atoms with Crippen LogP contribution in [0.5, 0.6) is 0 Å². The number of rotatable bonds is 1. The highest BCUT2D eigenvalue weighted by molar-refractivity contribution is 5.82. The maximum atomic E-state index is 6.94. The maximum absolute atomic E-state index is 6.94. The van der Waals surface area contributed by atoms with E-state index >= 15 is 0 Å². The molecule has 0 radical (unpaired) electrons. The van der Waals surface area contributed by atoms with Crippen LogP contribution in [0, 0.1) is 19.3 Å². The van der Waals surface area contributed by atoms with Crippen LogP contribution in [0.2, 0.25) is 0 Å². The highest BCUT2D eigenvalue weighted by Crippen LogP contribution is 1.97. The Morgan fingerprint density at radius 1 is 1.73 bits per heavy atom. The summed E-state index contributed by atoms with van der Waals surface area (Å²) in [5, 5.41) is 11.0. The van der Waals surface area contributed by atoms with Crippen molar-refractivity contribution in [3.8, 4) is 0 Å². The molecular formula is C6H11N5. The van der Waals surface area contributed by atoms with Gasteiger partial charge in [-0.2, -0.15) is 9.89 Å². The molecule has 4 N–H and O–H groups in total. The first-order valence-corrected chi connectivity index (χ1v) is 3.24. The van der Waals surface area contributed by atoms with Crippen molar-refractivity contribution in [3.05, 3.63) is 17.5 Å². The number of hydrogen-bond donors (Lipinski definition) is 3. The van der Waals surface area contributed by atoms with Crippen LogP contribution >= 0.6 is 0 Å². The highest BCUT2D eigenvalue weighted by Gasteiger charge is 1.98. The van der Waals surface area contributed by atoms with E-state index in [0.29, 0.717) is 0 Å². The molecule has 60 valence electrons. The number of nitrogens with one attached hydrogen (secondary N) is 2. The van der Waals surface area contributed by atoms with Crippen molar-refractivity contribution in [1.82, 2.24) is 9.89 Å². The van der Waals surface area contributed by atoms with Crippen molar-refractivity contribution in [3.63, 3.8) is 0 Å². The third kappa shape index (κ3) is 1.70. The zero-order valence-corrected chi connectivity index (χ0v) is 6.55. The van der Waals surface area contributed by atoms with Crippen LogP contribution in [-0.4, -0.2) is 15.8 Å². The fraction of sp³-hybridized carbons (Fsp3) is 0.333. The molecule has 11 heavy (non-hydrogen) atoms. The molecule has 0 aliphatic heterocycles. The Balaban J connectivity index is 2.85. The van der Waals surface area contributed by atoms with Crippen molar-refractivity contribution in [2.24, 2.45) is 5.73 Å². The lowest BCUT2D eigenvalue weighted by atomic mass is 10.4. The van der Waals surface area contributed by atoms with Gasteiger partial charge in [-0.1, -0.05) is 0 Å². The van der Waals surface area contributed by atoms with Gasteiger partial charge in [-0.25, -0.2) is 5.43 Å². The molecule has 0 fully saturated rings. The summed E-state index contributed by atoms with van der Waals surface area (Å²) >= 11 is 0. The van der Waals surface area contributed by atoms with Crippen LogP contribution in [0.25, 0.3) is 0 Å². The number of aromatic nitrogens is 2. The first-order valence-electron chi connectivity index (χ1n) is 3.24. The van der Waals surface area contributed by atoms with E-state index in [0.717, 1.165) is 11.4 Å². The fourth-order valence-corrected chi connectivity index (χ4v) is 0.856. The van der Waals surface area contributed by atoms with E-state index in [1.165, 1.54) is 4.79 Å². The van der Waals surface area contributed by atoms with Gasteiger partial charge in [-0.15, -0.1) is 0 Å². The Morgan fingerprint density at radius 3 is 2.73 bits per heavy atom. The Kier molecular flexibility index (Phi) is 1.80. The fourth-order valence-electron chi connectivity index (χ4n) is 0.856. The zero-order chi connectivity index (χ0) is 8.43. The van der Waals surface area contributed by atoms with Gasteiger partial charge < -0.3 is 5.73 Å². The summed E-state index contributed by atoms with van der Waals surface area (Å²) in [6.45, 7) is 3.77. The van der Waals surface area contributed by atoms with Gasteiger partial charge in [0.2, 0.25) is 5.96 Å². The molecule has 0 aliphatic carbocycles. The Labute approximate surface area is 64.7 Å². The summed E-state index contributed by atoms with van der Waals surface area (Å²) in [5.74, 6) is -0.115. The topological polar surface area (TPSA) is 79.7 Å². The molecule has 1 aromatic rings. The Morgan fingerprint density at radius 2 is 2.36 bits per heavy atom. The van der Waals surface area contributed by atoms with Gasteiger partial charge >= 0.3 is 0 Å². The normalized spacial score (nSPS) is 9.64. The average Bonchev–Trinajstić information content (AvgIpc) is 2.09. The predicted octanol–water partition coefficient (Wildman–Crippen LogP) is -0.0631. The number of guanidine groups is 1. The summed E-state index contributed by atoms with van der Waals surface area (Å²) in [6.07, 6.45) is 0. The first kappa shape index (κ1) is 7.59. The third-order valence-corrected chi connectivity index (χ3v) is 1.24. The van der Waals surface area contributed by atoms with Crippen molar-refractivity contribution < 1.29 is 0 Å². The van der Waals surface area contributed by atoms with Gasteiger partial charge in [0.1, 0.15) is 0 Å². The molecule has 1 aromatic heterocycles. The van der Waals surface area contributed by atoms with Crippen LogP contribution in [0.15, 0.2) is 6.07 Å². The standard InChI is InChI=1S/C6H11N5/c1-4-3-5(2)11(9-4)10-6(7)8/h3H,1-2H3,(H4,7,8,10). The zero-order valence-electron chi connectivity index (χ0n) is 6.55. The lowest BCUT2D eigenvalue weighted by Crippen LogP contribution is -2.30. The molecule has 5 heteroatoms. The third-order valence-electron chi connectivity index (χ3n) is 1.24. The highest BCUT2D eigenvalue weighted by atomic mass is 15.6. The number of nitrogens with two attached hydrogens (primary N) is 1. The predicted molar refractivity (Wildman–Crippen MR) is 43.0 cm³/mol. The Hall–Kier alpha value is -1.52. The molecule has 0 saturated carbocycles. The number of nitrogens with zero attached hydrogens (tertiary/aromatic N) is 2. The second-order valence-corrected chi connectivity index (χ2v) is 2.36. The smallest absolute Gasteiger partial charge is 0.206 e. The molecule has 5 nitrogen and oxygen atoms in total. The molecule has 0 unspecified atom stereocenters. The van der Waals surface area contributed by atoms with Gasteiger partial charge in [0.25, 0.3) is 0 Å². The second-order valence-electron chi connectivity index (χ2n) is 2.36. The van der Waals surface area contributed by atoms with E-state index in [-0.39, 0.29) is 5.96 Å². The van der Waals surface area contributed by atoms with E-state index in [1.807, 2.05) is 19.9 Å². The maximum Gasteiger partial charge on any atom is 0.206 e. The summed E-state index contributed by atoms with van der Waals surface area (Å²) in [4.78, 5) is 1.47. The van der Waals surface area contributed by atoms with Gasteiger partial charge in [0.15, 0.2) is 0 Å². The van der Waals surface area contributed by atoms with Gasteiger partial charge in [0, 0.05) is 0 Å². The molecule has 1 rings (SSSR count). The van der Waals surface area contributed by atoms with Gasteiger partial charge in [-0.05, 0) is 19.9 Å². The molecule has 0 aliphatic rings. The average molecular weight is 153 g/mol. The van der Waals surface area contributed by atoms with Crippen LogP contribution < -0.4 is 11.2 Å². The van der Waals surface area contributed by atoms with Crippen LogP contribution in [0.4, 0.5) is 0 Å². The lowest BCUT2D eigenvalue weighted by molar-refractivity contribution is 0.770. The van der Waals surface area contributed by atoms with Crippen LogP contribution in [-0.2, 0) is 0 Å². The summed E-state index contributed by atoms with van der Waals surface area (Å²) in [5.41, 5.74) is 9.50. The van der Waals surface area contributed by atoms with Gasteiger partial charge in [0.05, 0.1) is 11.4 Å². The lowest BCUT2D eigenvalue weighted by Gasteiger charge is -2.03. The monoisotopic (exact) mass is 153 g/mol. The van der Waals surface area contributed by atoms with E-state index in [4.69, 9.17) is 11.1 Å². The quantitative estimate of drug-likeness (QED) is 0.390. The van der Waals surface area contributed by atoms with Gasteiger partial charge in [-0.3, -0.25) is 5.41 Å². The summed E-state index contributed by atoms with van der Waals surface area (Å²) < 4.78 is 0. The van der Waals surface area contributed by atoms with Crippen LogP contribution in [0.1, 0.15) is 11.4 Å². The van der Waals surface area contributed by atoms with Crippen LogP contribution in [0.3, 0.4) is 0 Å². The van der Waals surface area contributed by atoms with Crippen molar-refractivity contribution in [2.75, 3.05) is 5.43 Å². The van der Waals surface area contributed by atoms with E-state index in [2.05, 4.69) is 10.5 Å². The second kappa shape index (κ2) is 2.61. The number of hydrogen-bond acceptors (Lipinski definition) is 2. The molecule has 0 aromatic carbocycles. The minimum absolute atomic E-state index is 0.115. The largest absolute Gasteiger partial charge is 0.369 e. The molecule has 0 saturated heterocycles. The van der Waals surface area contributed by atoms with Crippen molar-refractivity contribution >= 4 is 5.96 Å². The minimum Gasteiger partial charge on any atom is -0.369 e. The molecule has 0 amide bonds. The molecule has 0 bridgehead atoms. The van der Waals surface area contributed by atoms with E-state index < -0.39 is 0 Å². The molecule has 1 heterocycles. The summed E-state index contributed by atoms with van der Waals surface area (Å²) in [6, 6.07) is 1.90. The number of aryl methyl sites for hydroxylation is 2. The molecule has 0 atom stereocenters. The van der Waals surface area contributed by atoms with E-state index in [1.54, 1.807) is 0 Å². The van der Waals surface area contributed by atoms with Crippen molar-refractivity contribution in [1.29, 1.82) is 5.41 Å². The summed E-state index contributed by atoms with van der Waals surface area (Å²) in [7, 11) is 0. The first-order chi connectivity index (χ1) is 5.09. The molecular weight excluding hydrogens is 142 g/mol. The molecule has 0 spiro atoms. The minimum atomic E-state index is -0.115.